The lowest BCUT2D eigenvalue weighted by atomic mass is 9.82. The molecule has 1 amide bonds. The van der Waals surface area contributed by atoms with E-state index >= 15 is 0 Å². The average Bonchev–Trinajstić information content (AvgIpc) is 3.25. The van der Waals surface area contributed by atoms with Crippen molar-refractivity contribution >= 4 is 22.6 Å². The van der Waals surface area contributed by atoms with Crippen LogP contribution in [-0.4, -0.2) is 27.7 Å². The van der Waals surface area contributed by atoms with Crippen LogP contribution < -0.4 is 4.90 Å². The summed E-state index contributed by atoms with van der Waals surface area (Å²) < 4.78 is 55.6. The Hall–Kier alpha value is -3.75. The van der Waals surface area contributed by atoms with Gasteiger partial charge in [0.2, 0.25) is 5.91 Å². The van der Waals surface area contributed by atoms with E-state index in [0.717, 1.165) is 12.1 Å². The molecule has 0 aliphatic rings. The summed E-state index contributed by atoms with van der Waals surface area (Å²) in [6, 6.07) is 9.19. The Bertz CT molecular complexity index is 1460. The summed E-state index contributed by atoms with van der Waals surface area (Å²) in [5.74, 6) is -0.811. The highest BCUT2D eigenvalue weighted by Gasteiger charge is 2.37. The van der Waals surface area contributed by atoms with Gasteiger partial charge in [0.25, 0.3) is 0 Å². The highest BCUT2D eigenvalue weighted by Crippen LogP contribution is 2.40. The molecule has 0 fully saturated rings. The fourth-order valence-electron chi connectivity index (χ4n) is 4.43. The van der Waals surface area contributed by atoms with Crippen molar-refractivity contribution in [1.82, 2.24) is 14.8 Å². The number of pyridine rings is 1. The van der Waals surface area contributed by atoms with E-state index < -0.39 is 23.1 Å². The third-order valence-electron chi connectivity index (χ3n) is 6.52. The summed E-state index contributed by atoms with van der Waals surface area (Å²) in [6.07, 6.45) is -1.32. The second-order valence-electron chi connectivity index (χ2n) is 9.24. The smallest absolute Gasteiger partial charge is 0.313 e. The number of carbonyl (C=O) groups is 1. The number of anilines is 1. The van der Waals surface area contributed by atoms with Crippen molar-refractivity contribution in [2.45, 2.75) is 45.8 Å². The maximum Gasteiger partial charge on any atom is 0.416 e. The van der Waals surface area contributed by atoms with Crippen molar-refractivity contribution in [3.8, 4) is 11.1 Å². The molecule has 2 aromatic carbocycles. The first-order valence-electron chi connectivity index (χ1n) is 11.4. The van der Waals surface area contributed by atoms with E-state index in [4.69, 9.17) is 0 Å². The fraction of sp³-hybridized carbons (Fsp3) is 0.296. The van der Waals surface area contributed by atoms with Crippen LogP contribution in [0.3, 0.4) is 0 Å². The molecule has 0 spiro atoms. The molecule has 0 aliphatic carbocycles. The number of likely N-dealkylation sites (N-methyl/N-ethyl adjacent to an activating group) is 1. The van der Waals surface area contributed by atoms with Crippen LogP contribution in [0.25, 0.3) is 22.2 Å². The van der Waals surface area contributed by atoms with Gasteiger partial charge in [-0.25, -0.2) is 14.1 Å². The normalized spacial score (nSPS) is 12.2. The zero-order chi connectivity index (χ0) is 26.4. The van der Waals surface area contributed by atoms with Crippen LogP contribution in [0.5, 0.6) is 0 Å². The maximum absolute atomic E-state index is 13.9. The summed E-state index contributed by atoms with van der Waals surface area (Å²) in [7, 11) is 1.56. The summed E-state index contributed by atoms with van der Waals surface area (Å²) in [6.45, 7) is 7.45. The molecule has 36 heavy (non-hydrogen) atoms. The van der Waals surface area contributed by atoms with Crippen LogP contribution in [0.15, 0.2) is 54.9 Å². The molecule has 0 saturated heterocycles. The standard InChI is InChI=1S/C27H26F4N4O/c1-6-35-24-21(14-33-35)23(20-11-10-19(28)12-16(20)2)22(15-32-24)34(5)25(36)26(3,4)17-8-7-9-18(13-17)27(29,30)31/h7-15H,6H2,1-5H3. The van der Waals surface area contributed by atoms with Gasteiger partial charge < -0.3 is 4.90 Å². The van der Waals surface area contributed by atoms with E-state index in [-0.39, 0.29) is 11.4 Å². The van der Waals surface area contributed by atoms with Crippen LogP contribution in [0.2, 0.25) is 0 Å². The largest absolute Gasteiger partial charge is 0.416 e. The van der Waals surface area contributed by atoms with Crippen LogP contribution in [0, 0.1) is 12.7 Å². The topological polar surface area (TPSA) is 51.0 Å². The molecule has 0 saturated carbocycles. The third kappa shape index (κ3) is 4.34. The molecule has 9 heteroatoms. The molecule has 0 aliphatic heterocycles. The van der Waals surface area contributed by atoms with E-state index in [0.29, 0.717) is 40.0 Å². The highest BCUT2D eigenvalue weighted by molar-refractivity contribution is 6.08. The first-order valence-corrected chi connectivity index (χ1v) is 11.4. The van der Waals surface area contributed by atoms with Crippen LogP contribution in [-0.2, 0) is 22.9 Å². The van der Waals surface area contributed by atoms with Crippen LogP contribution >= 0.6 is 0 Å². The summed E-state index contributed by atoms with van der Waals surface area (Å²) in [5, 5.41) is 5.07. The minimum Gasteiger partial charge on any atom is -0.313 e. The summed E-state index contributed by atoms with van der Waals surface area (Å²) in [5.41, 5.74) is 1.19. The number of benzene rings is 2. The van der Waals surface area contributed by atoms with Gasteiger partial charge in [0.05, 0.1) is 29.1 Å². The number of amides is 1. The summed E-state index contributed by atoms with van der Waals surface area (Å²) >= 11 is 0. The van der Waals surface area contributed by atoms with Gasteiger partial charge in [0, 0.05) is 24.5 Å². The number of fused-ring (bicyclic) bond motifs is 1. The van der Waals surface area contributed by atoms with Gasteiger partial charge in [-0.3, -0.25) is 4.79 Å². The minimum absolute atomic E-state index is 0.238. The SMILES string of the molecule is CCn1ncc2c(-c3ccc(F)cc3C)c(N(C)C(=O)C(C)(C)c3cccc(C(F)(F)F)c3)cnc21. The number of halogens is 4. The maximum atomic E-state index is 13.9. The molecule has 0 N–H and O–H groups in total. The molecular weight excluding hydrogens is 472 g/mol. The first-order chi connectivity index (χ1) is 16.9. The quantitative estimate of drug-likeness (QED) is 0.294. The monoisotopic (exact) mass is 498 g/mol. The van der Waals surface area contributed by atoms with Crippen LogP contribution in [0.1, 0.15) is 37.5 Å². The molecule has 4 aromatic rings. The van der Waals surface area contributed by atoms with Gasteiger partial charge in [-0.15, -0.1) is 0 Å². The molecule has 188 valence electrons. The lowest BCUT2D eigenvalue weighted by molar-refractivity contribution is -0.137. The van der Waals surface area contributed by atoms with Gasteiger partial charge in [-0.2, -0.15) is 18.3 Å². The van der Waals surface area contributed by atoms with Gasteiger partial charge in [0.15, 0.2) is 5.65 Å². The van der Waals surface area contributed by atoms with Gasteiger partial charge >= 0.3 is 6.18 Å². The van der Waals surface area contributed by atoms with Gasteiger partial charge in [-0.1, -0.05) is 24.3 Å². The molecule has 0 radical (unpaired) electrons. The van der Waals surface area contributed by atoms with Crippen molar-refractivity contribution in [3.05, 3.63) is 77.4 Å². The zero-order valence-electron chi connectivity index (χ0n) is 20.6. The number of hydrogen-bond acceptors (Lipinski definition) is 3. The van der Waals surface area contributed by atoms with Crippen LogP contribution in [0.4, 0.5) is 23.2 Å². The summed E-state index contributed by atoms with van der Waals surface area (Å²) in [4.78, 5) is 19.7. The fourth-order valence-corrected chi connectivity index (χ4v) is 4.43. The van der Waals surface area contributed by atoms with Crippen molar-refractivity contribution in [2.24, 2.45) is 0 Å². The number of hydrogen-bond donors (Lipinski definition) is 0. The number of aromatic nitrogens is 3. The second kappa shape index (κ2) is 9.04. The van der Waals surface area contributed by atoms with Gasteiger partial charge in [0.1, 0.15) is 5.82 Å². The predicted molar refractivity (Wildman–Crippen MR) is 131 cm³/mol. The van der Waals surface area contributed by atoms with E-state index in [1.54, 1.807) is 51.0 Å². The Kier molecular flexibility index (Phi) is 6.36. The number of nitrogens with zero attached hydrogens (tertiary/aromatic N) is 4. The molecule has 4 rings (SSSR count). The molecular formula is C27H26F4N4O. The number of aryl methyl sites for hydroxylation is 2. The highest BCUT2D eigenvalue weighted by atomic mass is 19.4. The lowest BCUT2D eigenvalue weighted by Gasteiger charge is -2.31. The van der Waals surface area contributed by atoms with E-state index in [1.165, 1.54) is 29.2 Å². The van der Waals surface area contributed by atoms with Crippen molar-refractivity contribution in [2.75, 3.05) is 11.9 Å². The Labute approximate surface area is 206 Å². The van der Waals surface area contributed by atoms with E-state index in [2.05, 4.69) is 10.1 Å². The number of rotatable bonds is 5. The van der Waals surface area contributed by atoms with Gasteiger partial charge in [-0.05, 0) is 62.6 Å². The predicted octanol–water partition coefficient (Wildman–Crippen LogP) is 6.53. The van der Waals surface area contributed by atoms with E-state index in [1.807, 2.05) is 6.92 Å². The van der Waals surface area contributed by atoms with E-state index in [9.17, 15) is 22.4 Å². The Morgan fingerprint density at radius 1 is 1.06 bits per heavy atom. The Morgan fingerprint density at radius 3 is 2.39 bits per heavy atom. The molecule has 0 atom stereocenters. The molecule has 0 unspecified atom stereocenters. The Morgan fingerprint density at radius 2 is 1.75 bits per heavy atom. The molecule has 2 heterocycles. The lowest BCUT2D eigenvalue weighted by Crippen LogP contribution is -2.42. The minimum atomic E-state index is -4.53. The first kappa shape index (κ1) is 25.3. The molecule has 2 aromatic heterocycles. The Balaban J connectivity index is 1.87. The number of alkyl halides is 3. The number of carbonyl (C=O) groups excluding carboxylic acids is 1. The van der Waals surface area contributed by atoms with Crippen molar-refractivity contribution in [1.29, 1.82) is 0 Å². The zero-order valence-corrected chi connectivity index (χ0v) is 20.6. The molecule has 0 bridgehead atoms. The third-order valence-corrected chi connectivity index (χ3v) is 6.52. The molecule has 5 nitrogen and oxygen atoms in total. The second-order valence-corrected chi connectivity index (χ2v) is 9.24. The van der Waals surface area contributed by atoms with Crippen molar-refractivity contribution in [3.63, 3.8) is 0 Å². The average molecular weight is 499 g/mol. The van der Waals surface area contributed by atoms with Crippen molar-refractivity contribution < 1.29 is 22.4 Å².